The molecule has 0 spiro atoms. The summed E-state index contributed by atoms with van der Waals surface area (Å²) in [6, 6.07) is 6.04. The molecule has 2 aromatic rings. The average molecular weight is 422 g/mol. The molecule has 0 aliphatic carbocycles. The number of aryl methyl sites for hydroxylation is 1. The summed E-state index contributed by atoms with van der Waals surface area (Å²) >= 11 is 7.33. The molecule has 1 aromatic heterocycles. The van der Waals surface area contributed by atoms with E-state index in [1.807, 2.05) is 30.5 Å². The first-order valence-electron chi connectivity index (χ1n) is 4.82. The van der Waals surface area contributed by atoms with Gasteiger partial charge in [-0.15, -0.1) is 11.3 Å². The molecule has 1 N–H and O–H groups in total. The van der Waals surface area contributed by atoms with Crippen molar-refractivity contribution < 1.29 is 0 Å². The zero-order valence-electron chi connectivity index (χ0n) is 8.95. The van der Waals surface area contributed by atoms with E-state index < -0.39 is 0 Å². The fourth-order valence-corrected chi connectivity index (χ4v) is 3.31. The van der Waals surface area contributed by atoms with Crippen molar-refractivity contribution >= 4 is 61.2 Å². The third kappa shape index (κ3) is 3.49. The third-order valence-corrected chi connectivity index (χ3v) is 4.47. The van der Waals surface area contributed by atoms with E-state index in [4.69, 9.17) is 0 Å². The van der Waals surface area contributed by atoms with Crippen molar-refractivity contribution in [3.8, 4) is 0 Å². The zero-order chi connectivity index (χ0) is 12.3. The smallest absolute Gasteiger partial charge is 0.203 e. The number of aromatic nitrogens is 1. The largest absolute Gasteiger partial charge is 0.253 e. The Morgan fingerprint density at radius 2 is 2.35 bits per heavy atom. The molecule has 0 amide bonds. The molecule has 0 saturated carbocycles. The molecule has 0 aliphatic heterocycles. The van der Waals surface area contributed by atoms with Gasteiger partial charge >= 0.3 is 0 Å². The molecule has 0 radical (unpaired) electrons. The molecule has 3 nitrogen and oxygen atoms in total. The Morgan fingerprint density at radius 3 is 3.00 bits per heavy atom. The van der Waals surface area contributed by atoms with Gasteiger partial charge in [0.25, 0.3) is 0 Å². The van der Waals surface area contributed by atoms with Gasteiger partial charge < -0.3 is 0 Å². The van der Waals surface area contributed by atoms with Gasteiger partial charge in [0.05, 0.1) is 11.9 Å². The summed E-state index contributed by atoms with van der Waals surface area (Å²) in [7, 11) is 0. The predicted molar refractivity (Wildman–Crippen MR) is 84.9 cm³/mol. The molecule has 0 atom stereocenters. The van der Waals surface area contributed by atoms with Crippen LogP contribution in [0.1, 0.15) is 11.3 Å². The topological polar surface area (TPSA) is 37.3 Å². The molecular formula is C11H9BrIN3S. The summed E-state index contributed by atoms with van der Waals surface area (Å²) in [6.45, 7) is 1.96. The highest BCUT2D eigenvalue weighted by Gasteiger charge is 2.01. The maximum absolute atomic E-state index is 4.27. The number of hydrogen-bond donors (Lipinski definition) is 1. The maximum atomic E-state index is 4.27. The normalized spacial score (nSPS) is 11.0. The molecule has 6 heteroatoms. The van der Waals surface area contributed by atoms with Crippen molar-refractivity contribution in [2.45, 2.75) is 6.92 Å². The van der Waals surface area contributed by atoms with Crippen molar-refractivity contribution in [2.75, 3.05) is 5.43 Å². The van der Waals surface area contributed by atoms with Crippen molar-refractivity contribution in [3.05, 3.63) is 42.9 Å². The number of hydrazone groups is 1. The SMILES string of the molecule is Cc1csc(NN=Cc2c(Br)cccc2I)n1. The predicted octanol–water partition coefficient (Wildman–Crippen LogP) is 4.26. The van der Waals surface area contributed by atoms with Gasteiger partial charge in [-0.25, -0.2) is 4.98 Å². The number of halogens is 2. The fraction of sp³-hybridized carbons (Fsp3) is 0.0909. The zero-order valence-corrected chi connectivity index (χ0v) is 13.5. The van der Waals surface area contributed by atoms with Crippen molar-refractivity contribution in [2.24, 2.45) is 5.10 Å². The summed E-state index contributed by atoms with van der Waals surface area (Å²) in [5.74, 6) is 0. The molecule has 1 heterocycles. The highest BCUT2D eigenvalue weighted by Crippen LogP contribution is 2.20. The number of rotatable bonds is 3. The van der Waals surface area contributed by atoms with Gasteiger partial charge in [0.2, 0.25) is 5.13 Å². The van der Waals surface area contributed by atoms with Crippen LogP contribution in [-0.4, -0.2) is 11.2 Å². The summed E-state index contributed by atoms with van der Waals surface area (Å²) in [5.41, 5.74) is 4.99. The summed E-state index contributed by atoms with van der Waals surface area (Å²) in [6.07, 6.45) is 1.79. The lowest BCUT2D eigenvalue weighted by Gasteiger charge is -2.00. The van der Waals surface area contributed by atoms with Crippen LogP contribution in [0.3, 0.4) is 0 Å². The van der Waals surface area contributed by atoms with E-state index in [0.717, 1.165) is 24.4 Å². The van der Waals surface area contributed by atoms with Crippen LogP contribution in [0.4, 0.5) is 5.13 Å². The van der Waals surface area contributed by atoms with Crippen LogP contribution >= 0.6 is 49.9 Å². The Bertz CT molecular complexity index is 533. The number of nitrogens with one attached hydrogen (secondary N) is 1. The number of nitrogens with zero attached hydrogens (tertiary/aromatic N) is 2. The highest BCUT2D eigenvalue weighted by molar-refractivity contribution is 14.1. The number of benzene rings is 1. The molecule has 0 aliphatic rings. The standard InChI is InChI=1S/C11H9BrIN3S/c1-7-6-17-11(15-7)16-14-5-8-9(12)3-2-4-10(8)13/h2-6H,1H3,(H,15,16). The second-order valence-electron chi connectivity index (χ2n) is 3.30. The van der Waals surface area contributed by atoms with Crippen molar-refractivity contribution in [1.82, 2.24) is 4.98 Å². The Hall–Kier alpha value is -0.470. The lowest BCUT2D eigenvalue weighted by atomic mass is 10.2. The molecule has 0 saturated heterocycles. The van der Waals surface area contributed by atoms with Crippen LogP contribution in [-0.2, 0) is 0 Å². The lowest BCUT2D eigenvalue weighted by molar-refractivity contribution is 1.22. The lowest BCUT2D eigenvalue weighted by Crippen LogP contribution is -1.93. The van der Waals surface area contributed by atoms with Crippen LogP contribution in [0.2, 0.25) is 0 Å². The van der Waals surface area contributed by atoms with Gasteiger partial charge in [0.15, 0.2) is 0 Å². The molecule has 1 aromatic carbocycles. The summed E-state index contributed by atoms with van der Waals surface area (Å²) in [4.78, 5) is 4.27. The van der Waals surface area contributed by atoms with Gasteiger partial charge in [-0.1, -0.05) is 22.0 Å². The molecular weight excluding hydrogens is 413 g/mol. The minimum absolute atomic E-state index is 0.806. The van der Waals surface area contributed by atoms with Gasteiger partial charge in [-0.3, -0.25) is 5.43 Å². The van der Waals surface area contributed by atoms with E-state index in [-0.39, 0.29) is 0 Å². The second kappa shape index (κ2) is 5.92. The van der Waals surface area contributed by atoms with E-state index >= 15 is 0 Å². The van der Waals surface area contributed by atoms with E-state index in [1.54, 1.807) is 17.6 Å². The number of thiazole rings is 1. The molecule has 0 fully saturated rings. The minimum Gasteiger partial charge on any atom is -0.253 e. The minimum atomic E-state index is 0.806. The number of anilines is 1. The van der Waals surface area contributed by atoms with Crippen LogP contribution < -0.4 is 5.43 Å². The molecule has 17 heavy (non-hydrogen) atoms. The first-order valence-corrected chi connectivity index (χ1v) is 7.57. The van der Waals surface area contributed by atoms with Crippen molar-refractivity contribution in [1.29, 1.82) is 0 Å². The summed E-state index contributed by atoms with van der Waals surface area (Å²) < 4.78 is 2.18. The Kier molecular flexibility index (Phi) is 4.52. The Morgan fingerprint density at radius 1 is 1.53 bits per heavy atom. The van der Waals surface area contributed by atoms with Gasteiger partial charge in [0, 0.05) is 19.0 Å². The van der Waals surface area contributed by atoms with E-state index in [2.05, 4.69) is 54.0 Å². The first-order chi connectivity index (χ1) is 8.16. The second-order valence-corrected chi connectivity index (χ2v) is 6.17. The van der Waals surface area contributed by atoms with E-state index in [0.29, 0.717) is 0 Å². The van der Waals surface area contributed by atoms with Crippen LogP contribution in [0, 0.1) is 10.5 Å². The molecule has 0 unspecified atom stereocenters. The van der Waals surface area contributed by atoms with E-state index in [1.165, 1.54) is 0 Å². The fourth-order valence-electron chi connectivity index (χ4n) is 1.19. The molecule has 2 rings (SSSR count). The molecule has 0 bridgehead atoms. The van der Waals surface area contributed by atoms with Crippen LogP contribution in [0.25, 0.3) is 0 Å². The highest BCUT2D eigenvalue weighted by atomic mass is 127. The first kappa shape index (κ1) is 13.0. The summed E-state index contributed by atoms with van der Waals surface area (Å²) in [5, 5.41) is 6.98. The van der Waals surface area contributed by atoms with E-state index in [9.17, 15) is 0 Å². The quantitative estimate of drug-likeness (QED) is 0.456. The van der Waals surface area contributed by atoms with Gasteiger partial charge in [-0.05, 0) is 41.6 Å². The third-order valence-electron chi connectivity index (χ3n) is 1.97. The maximum Gasteiger partial charge on any atom is 0.203 e. The van der Waals surface area contributed by atoms with Gasteiger partial charge in [0.1, 0.15) is 0 Å². The van der Waals surface area contributed by atoms with Crippen molar-refractivity contribution in [3.63, 3.8) is 0 Å². The monoisotopic (exact) mass is 421 g/mol. The van der Waals surface area contributed by atoms with Gasteiger partial charge in [-0.2, -0.15) is 5.10 Å². The van der Waals surface area contributed by atoms with Crippen LogP contribution in [0.15, 0.2) is 33.2 Å². The Balaban J connectivity index is 2.10. The van der Waals surface area contributed by atoms with Crippen LogP contribution in [0.5, 0.6) is 0 Å². The Labute approximate surface area is 126 Å². The number of hydrogen-bond acceptors (Lipinski definition) is 4. The average Bonchev–Trinajstić information content (AvgIpc) is 2.69. The molecule has 88 valence electrons.